The molecular weight excluding hydrogens is 477 g/mol. The van der Waals surface area contributed by atoms with Crippen molar-refractivity contribution >= 4 is 52.8 Å². The highest BCUT2D eigenvalue weighted by Gasteiger charge is 2.20. The van der Waals surface area contributed by atoms with Gasteiger partial charge in [-0.25, -0.2) is 0 Å². The van der Waals surface area contributed by atoms with Crippen molar-refractivity contribution in [1.29, 1.82) is 0 Å². The van der Waals surface area contributed by atoms with E-state index < -0.39 is 20.9 Å². The number of alkyl halides is 1. The minimum atomic E-state index is -3.60. The van der Waals surface area contributed by atoms with E-state index in [4.69, 9.17) is 8.71 Å². The number of rotatable bonds is 13. The maximum atomic E-state index is 12.6. The van der Waals surface area contributed by atoms with Crippen LogP contribution in [0.15, 0.2) is 18.2 Å². The highest BCUT2D eigenvalue weighted by atomic mass is 79.9. The summed E-state index contributed by atoms with van der Waals surface area (Å²) in [5.74, 6) is -0.467. The van der Waals surface area contributed by atoms with E-state index in [1.54, 1.807) is 4.90 Å². The molecule has 0 fully saturated rings. The molecule has 0 saturated heterocycles. The van der Waals surface area contributed by atoms with Crippen molar-refractivity contribution in [1.82, 2.24) is 5.32 Å². The number of benzene rings is 1. The molecule has 0 aliphatic rings. The molecule has 1 amide bonds. The van der Waals surface area contributed by atoms with Crippen LogP contribution >= 0.6 is 25.4 Å². The van der Waals surface area contributed by atoms with Gasteiger partial charge >= 0.3 is 0 Å². The molecule has 158 valence electrons. The number of nitrogens with one attached hydrogen (secondary N) is 1. The predicted octanol–water partition coefficient (Wildman–Crippen LogP) is 1.70. The quantitative estimate of drug-likeness (QED) is 0.108. The molecule has 0 aliphatic heterocycles. The van der Waals surface area contributed by atoms with Crippen molar-refractivity contribution < 1.29 is 26.8 Å². The van der Waals surface area contributed by atoms with E-state index in [9.17, 15) is 23.3 Å². The van der Waals surface area contributed by atoms with Crippen LogP contribution in [0.1, 0.15) is 16.8 Å². The Kier molecular flexibility index (Phi) is 10.8. The first kappa shape index (κ1) is 24.7. The minimum absolute atomic E-state index is 0.116. The van der Waals surface area contributed by atoms with Gasteiger partial charge in [-0.1, -0.05) is 15.9 Å². The first-order valence-electron chi connectivity index (χ1n) is 8.23. The Morgan fingerprint density at radius 2 is 2.07 bits per heavy atom. The Labute approximate surface area is 174 Å². The molecule has 1 rings (SSSR count). The summed E-state index contributed by atoms with van der Waals surface area (Å²) in [4.78, 5) is 24.9. The molecule has 1 unspecified atom stereocenters. The number of nitrogens with zero attached hydrogens (tertiary/aromatic N) is 2. The van der Waals surface area contributed by atoms with Crippen molar-refractivity contribution in [3.8, 4) is 0 Å². The number of nitro groups is 1. The van der Waals surface area contributed by atoms with Gasteiger partial charge in [0.2, 0.25) is 0 Å². The lowest BCUT2D eigenvalue weighted by Crippen LogP contribution is -2.33. The summed E-state index contributed by atoms with van der Waals surface area (Å²) in [6.07, 6.45) is 1.53. The minimum Gasteiger partial charge on any atom is -0.368 e. The van der Waals surface area contributed by atoms with Crippen LogP contribution in [0.25, 0.3) is 0 Å². The van der Waals surface area contributed by atoms with Crippen molar-refractivity contribution in [3.05, 3.63) is 33.9 Å². The predicted molar refractivity (Wildman–Crippen MR) is 113 cm³/mol. The Balaban J connectivity index is 3.10. The van der Waals surface area contributed by atoms with E-state index in [1.165, 1.54) is 18.2 Å². The number of amides is 1. The largest absolute Gasteiger partial charge is 0.368 e. The Bertz CT molecular complexity index is 779. The average molecular weight is 500 g/mol. The van der Waals surface area contributed by atoms with Gasteiger partial charge in [0, 0.05) is 46.6 Å². The molecule has 13 heteroatoms. The van der Waals surface area contributed by atoms with E-state index in [0.717, 1.165) is 6.26 Å². The number of halogens is 1. The van der Waals surface area contributed by atoms with Gasteiger partial charge in [0.15, 0.2) is 0 Å². The van der Waals surface area contributed by atoms with Crippen LogP contribution in [0.5, 0.6) is 0 Å². The molecule has 0 heterocycles. The lowest BCUT2D eigenvalue weighted by atomic mass is 10.1. The van der Waals surface area contributed by atoms with Gasteiger partial charge in [0.25, 0.3) is 21.7 Å². The molecule has 0 aromatic heterocycles. The Morgan fingerprint density at radius 1 is 1.36 bits per heavy atom. The normalized spacial score (nSPS) is 11.2. The molecule has 1 atom stereocenters. The van der Waals surface area contributed by atoms with Crippen LogP contribution in [0.4, 0.5) is 11.4 Å². The van der Waals surface area contributed by atoms with Gasteiger partial charge in [-0.15, -0.1) is 0 Å². The molecule has 28 heavy (non-hydrogen) atoms. The van der Waals surface area contributed by atoms with E-state index >= 15 is 0 Å². The van der Waals surface area contributed by atoms with E-state index in [0.29, 0.717) is 37.1 Å². The molecule has 1 N–H and O–H groups in total. The van der Waals surface area contributed by atoms with Gasteiger partial charge in [0.1, 0.15) is 0 Å². The highest BCUT2D eigenvalue weighted by Crippen LogP contribution is 2.26. The topological polar surface area (TPSA) is 128 Å². The fourth-order valence-corrected chi connectivity index (χ4v) is 3.27. The van der Waals surface area contributed by atoms with Crippen molar-refractivity contribution in [3.63, 3.8) is 0 Å². The summed E-state index contributed by atoms with van der Waals surface area (Å²) in [6.45, 7) is 1.27. The fraction of sp³-hybridized carbons (Fsp3) is 0.533. The number of carbonyl (C=O) groups is 1. The zero-order valence-electron chi connectivity index (χ0n) is 15.3. The summed E-state index contributed by atoms with van der Waals surface area (Å²) in [6, 6.07) is 3.98. The second kappa shape index (κ2) is 12.3. The van der Waals surface area contributed by atoms with Gasteiger partial charge in [-0.05, 0) is 12.5 Å². The summed E-state index contributed by atoms with van der Waals surface area (Å²) >= 11 is 3.31. The van der Waals surface area contributed by atoms with Crippen LogP contribution in [-0.2, 0) is 18.8 Å². The fourth-order valence-electron chi connectivity index (χ4n) is 2.30. The highest BCUT2D eigenvalue weighted by molar-refractivity contribution is 9.09. The third-order valence-corrected chi connectivity index (χ3v) is 4.70. The maximum absolute atomic E-state index is 12.6. The molecular formula is C15H23BrN3O7PS. The first-order valence-corrected chi connectivity index (χ1v) is 11.6. The summed E-state index contributed by atoms with van der Waals surface area (Å²) in [5.41, 5.74) is 0.358. The van der Waals surface area contributed by atoms with Crippen molar-refractivity contribution in [2.75, 3.05) is 49.3 Å². The summed E-state index contributed by atoms with van der Waals surface area (Å²) < 4.78 is 32.0. The Morgan fingerprint density at radius 3 is 2.64 bits per heavy atom. The molecule has 1 aromatic carbocycles. The van der Waals surface area contributed by atoms with E-state index in [1.807, 2.05) is 0 Å². The summed E-state index contributed by atoms with van der Waals surface area (Å²) in [5, 5.41) is 14.3. The lowest BCUT2D eigenvalue weighted by molar-refractivity contribution is -0.384. The molecule has 0 aliphatic carbocycles. The van der Waals surface area contributed by atoms with Crippen LogP contribution in [0.3, 0.4) is 0 Å². The van der Waals surface area contributed by atoms with Crippen LogP contribution < -0.4 is 10.2 Å². The van der Waals surface area contributed by atoms with Crippen molar-refractivity contribution in [2.24, 2.45) is 0 Å². The number of carbonyl (C=O) groups excluding carboxylic acids is 1. The molecule has 0 radical (unpaired) electrons. The molecule has 0 saturated carbocycles. The zero-order chi connectivity index (χ0) is 21.2. The van der Waals surface area contributed by atoms with Crippen LogP contribution in [-0.4, -0.2) is 63.7 Å². The molecule has 1 aromatic rings. The second-order valence-electron chi connectivity index (χ2n) is 5.64. The number of hydrogen-bond acceptors (Lipinski definition) is 8. The van der Waals surface area contributed by atoms with Gasteiger partial charge in [-0.3, -0.25) is 19.1 Å². The van der Waals surface area contributed by atoms with Gasteiger partial charge < -0.3 is 14.7 Å². The van der Waals surface area contributed by atoms with Crippen LogP contribution in [0.2, 0.25) is 0 Å². The number of anilines is 1. The SMILES string of the molecule is CS(=O)(=O)OCCN(CCBr)c1ccc([N+](=O)[O-])cc1C(=O)NCCCOP. The first-order chi connectivity index (χ1) is 13.2. The molecule has 0 bridgehead atoms. The third-order valence-electron chi connectivity index (χ3n) is 3.51. The number of nitro benzene ring substituents is 1. The van der Waals surface area contributed by atoms with Gasteiger partial charge in [0.05, 0.1) is 35.6 Å². The van der Waals surface area contributed by atoms with Crippen molar-refractivity contribution in [2.45, 2.75) is 6.42 Å². The van der Waals surface area contributed by atoms with Crippen LogP contribution in [0, 0.1) is 10.1 Å². The third kappa shape index (κ3) is 8.78. The smallest absolute Gasteiger partial charge is 0.270 e. The van der Waals surface area contributed by atoms with E-state index in [-0.39, 0.29) is 24.4 Å². The maximum Gasteiger partial charge on any atom is 0.270 e. The zero-order valence-corrected chi connectivity index (χ0v) is 18.9. The summed E-state index contributed by atoms with van der Waals surface area (Å²) in [7, 11) is -1.48. The monoisotopic (exact) mass is 499 g/mol. The number of non-ortho nitro benzene ring substituents is 1. The molecule has 10 nitrogen and oxygen atoms in total. The number of hydrogen-bond donors (Lipinski definition) is 1. The lowest BCUT2D eigenvalue weighted by Gasteiger charge is -2.26. The van der Waals surface area contributed by atoms with Gasteiger partial charge in [-0.2, -0.15) is 8.42 Å². The molecule has 0 spiro atoms. The average Bonchev–Trinajstić information content (AvgIpc) is 2.63. The Hall–Kier alpha value is -1.33. The van der Waals surface area contributed by atoms with E-state index in [2.05, 4.69) is 30.7 Å². The standard InChI is InChI=1S/C15H23BrN3O7PS/c1-28(23,24)26-10-8-18(7-5-16)14-4-3-12(19(21)22)11-13(14)15(20)17-6-2-9-25-27/h3-4,11H,2,5-10,27H2,1H3,(H,17,20). The second-order valence-corrected chi connectivity index (χ2v) is 8.41.